The number of hydrogen-bond donors (Lipinski definition) is 2. The summed E-state index contributed by atoms with van der Waals surface area (Å²) >= 11 is 0. The van der Waals surface area contributed by atoms with Gasteiger partial charge in [-0.2, -0.15) is 0 Å². The predicted octanol–water partition coefficient (Wildman–Crippen LogP) is 5.82. The lowest BCUT2D eigenvalue weighted by Gasteiger charge is -2.18. The topological polar surface area (TPSA) is 76.7 Å². The Kier molecular flexibility index (Phi) is 6.80. The first-order valence-electron chi connectivity index (χ1n) is 10.9. The van der Waals surface area contributed by atoms with Crippen LogP contribution >= 0.6 is 7.60 Å². The van der Waals surface area contributed by atoms with Crippen LogP contribution in [-0.4, -0.2) is 19.1 Å². The van der Waals surface area contributed by atoms with Gasteiger partial charge < -0.3 is 19.7 Å². The molecule has 0 saturated carbocycles. The summed E-state index contributed by atoms with van der Waals surface area (Å²) in [7, 11) is -3.51. The molecule has 1 heterocycles. The summed E-state index contributed by atoms with van der Waals surface area (Å²) in [4.78, 5) is 13.2. The molecule has 0 bridgehead atoms. The molecule has 0 unspecified atom stereocenters. The number of carbonyl (C=O) groups is 1. The Morgan fingerprint density at radius 3 is 2.24 bits per heavy atom. The average Bonchev–Trinajstić information content (AvgIpc) is 3.14. The molecule has 0 aliphatic carbocycles. The molecule has 6 nitrogen and oxygen atoms in total. The molecule has 0 radical (unpaired) electrons. The highest BCUT2D eigenvalue weighted by atomic mass is 31.2. The molecule has 0 atom stereocenters. The van der Waals surface area contributed by atoms with E-state index < -0.39 is 7.60 Å². The molecule has 3 aromatic rings. The van der Waals surface area contributed by atoms with Gasteiger partial charge in [-0.1, -0.05) is 48.0 Å². The number of benzene rings is 3. The molecule has 0 spiro atoms. The number of nitrogens with one attached hydrogen (secondary N) is 2. The Balaban J connectivity index is 1.89. The summed E-state index contributed by atoms with van der Waals surface area (Å²) in [6, 6.07) is 22.8. The number of amides is 1. The standard InChI is InChI=1S/C26H27N2O4P/c1-4-31-33(30,32-5-2)21-15-16-23-22(17-21)24(26(29)28-23)25(19-9-7-6-8-10-19)27-20-13-11-18(3)12-14-20/h6-17,27H,4-5H2,1-3H3,(H,28,29)/b25-24-. The van der Waals surface area contributed by atoms with Gasteiger partial charge in [-0.05, 0) is 56.7 Å². The van der Waals surface area contributed by atoms with Gasteiger partial charge in [0.05, 0.1) is 29.8 Å². The van der Waals surface area contributed by atoms with Crippen molar-refractivity contribution in [1.82, 2.24) is 0 Å². The van der Waals surface area contributed by atoms with Gasteiger partial charge in [0.2, 0.25) is 0 Å². The number of hydrogen-bond acceptors (Lipinski definition) is 5. The van der Waals surface area contributed by atoms with Gasteiger partial charge in [0.15, 0.2) is 0 Å². The van der Waals surface area contributed by atoms with E-state index in [1.165, 1.54) is 0 Å². The van der Waals surface area contributed by atoms with Gasteiger partial charge in [0.1, 0.15) is 0 Å². The second-order valence-electron chi connectivity index (χ2n) is 7.62. The van der Waals surface area contributed by atoms with E-state index in [1.807, 2.05) is 61.5 Å². The first kappa shape index (κ1) is 23.0. The van der Waals surface area contributed by atoms with Crippen molar-refractivity contribution >= 4 is 41.5 Å². The van der Waals surface area contributed by atoms with Crippen LogP contribution in [0.2, 0.25) is 0 Å². The fourth-order valence-electron chi connectivity index (χ4n) is 3.77. The number of rotatable bonds is 8. The molecular formula is C26H27N2O4P. The second-order valence-corrected chi connectivity index (χ2v) is 9.65. The van der Waals surface area contributed by atoms with Gasteiger partial charge in [-0.3, -0.25) is 9.36 Å². The molecule has 4 rings (SSSR count). The summed E-state index contributed by atoms with van der Waals surface area (Å²) in [5.74, 6) is -0.233. The van der Waals surface area contributed by atoms with E-state index in [4.69, 9.17) is 9.05 Å². The number of anilines is 2. The van der Waals surface area contributed by atoms with Gasteiger partial charge in [0, 0.05) is 16.9 Å². The molecule has 1 amide bonds. The van der Waals surface area contributed by atoms with Crippen molar-refractivity contribution in [2.45, 2.75) is 20.8 Å². The Labute approximate surface area is 194 Å². The summed E-state index contributed by atoms with van der Waals surface area (Å²) < 4.78 is 24.4. The van der Waals surface area contributed by atoms with Crippen LogP contribution in [0.3, 0.4) is 0 Å². The minimum Gasteiger partial charge on any atom is -0.354 e. The first-order chi connectivity index (χ1) is 15.9. The summed E-state index contributed by atoms with van der Waals surface area (Å²) in [6.07, 6.45) is 0. The smallest absolute Gasteiger partial charge is 0.354 e. The lowest BCUT2D eigenvalue weighted by molar-refractivity contribution is -0.110. The lowest BCUT2D eigenvalue weighted by Crippen LogP contribution is -2.12. The number of fused-ring (bicyclic) bond motifs is 1. The van der Waals surface area contributed by atoms with E-state index in [1.54, 1.807) is 32.0 Å². The highest BCUT2D eigenvalue weighted by Crippen LogP contribution is 2.48. The normalized spacial score (nSPS) is 14.6. The predicted molar refractivity (Wildman–Crippen MR) is 134 cm³/mol. The van der Waals surface area contributed by atoms with E-state index in [-0.39, 0.29) is 19.1 Å². The fraction of sp³-hybridized carbons (Fsp3) is 0.192. The van der Waals surface area contributed by atoms with Crippen LogP contribution in [0.4, 0.5) is 11.4 Å². The Hall–Kier alpha value is -3.18. The van der Waals surface area contributed by atoms with Gasteiger partial charge in [-0.25, -0.2) is 0 Å². The highest BCUT2D eigenvalue weighted by molar-refractivity contribution is 7.62. The van der Waals surface area contributed by atoms with Crippen molar-refractivity contribution in [2.24, 2.45) is 0 Å². The van der Waals surface area contributed by atoms with Crippen molar-refractivity contribution in [2.75, 3.05) is 23.8 Å². The monoisotopic (exact) mass is 462 g/mol. The maximum absolute atomic E-state index is 13.4. The fourth-order valence-corrected chi connectivity index (χ4v) is 5.36. The first-order valence-corrected chi connectivity index (χ1v) is 12.5. The molecule has 0 aromatic heterocycles. The minimum absolute atomic E-state index is 0.233. The third-order valence-electron chi connectivity index (χ3n) is 5.30. The van der Waals surface area contributed by atoms with Crippen molar-refractivity contribution in [3.05, 3.63) is 89.5 Å². The zero-order chi connectivity index (χ0) is 23.4. The molecule has 1 aliphatic heterocycles. The highest BCUT2D eigenvalue weighted by Gasteiger charge is 2.33. The second kappa shape index (κ2) is 9.75. The van der Waals surface area contributed by atoms with E-state index in [0.717, 1.165) is 16.8 Å². The van der Waals surface area contributed by atoms with Crippen molar-refractivity contribution in [3.63, 3.8) is 0 Å². The minimum atomic E-state index is -3.51. The third-order valence-corrected chi connectivity index (χ3v) is 7.40. The molecule has 0 fully saturated rings. The molecule has 170 valence electrons. The Morgan fingerprint density at radius 2 is 1.61 bits per heavy atom. The third kappa shape index (κ3) is 4.79. The average molecular weight is 462 g/mol. The van der Waals surface area contributed by atoms with Crippen LogP contribution in [0.5, 0.6) is 0 Å². The maximum Gasteiger partial charge on any atom is 0.361 e. The Bertz CT molecular complexity index is 1230. The maximum atomic E-state index is 13.4. The van der Waals surface area contributed by atoms with Gasteiger partial charge >= 0.3 is 7.60 Å². The number of aryl methyl sites for hydroxylation is 1. The van der Waals surface area contributed by atoms with Crippen LogP contribution in [0.25, 0.3) is 11.3 Å². The van der Waals surface area contributed by atoms with E-state index >= 15 is 0 Å². The van der Waals surface area contributed by atoms with Crippen molar-refractivity contribution in [3.8, 4) is 0 Å². The van der Waals surface area contributed by atoms with Crippen LogP contribution in [0, 0.1) is 6.92 Å². The molecule has 0 saturated heterocycles. The lowest BCUT2D eigenvalue weighted by atomic mass is 10.00. The van der Waals surface area contributed by atoms with Crippen molar-refractivity contribution < 1.29 is 18.4 Å². The van der Waals surface area contributed by atoms with Crippen LogP contribution in [0.15, 0.2) is 72.8 Å². The SMILES string of the molecule is CCOP(=O)(OCC)c1ccc2c(c1)/C(=C(/Nc1ccc(C)cc1)c1ccccc1)C(=O)N2. The van der Waals surface area contributed by atoms with Crippen molar-refractivity contribution in [1.29, 1.82) is 0 Å². The molecule has 33 heavy (non-hydrogen) atoms. The van der Waals surface area contributed by atoms with E-state index in [0.29, 0.717) is 27.8 Å². The summed E-state index contributed by atoms with van der Waals surface area (Å²) in [5.41, 5.74) is 5.30. The molecule has 7 heteroatoms. The summed E-state index contributed by atoms with van der Waals surface area (Å²) in [6.45, 7) is 6.07. The number of carbonyl (C=O) groups excluding carboxylic acids is 1. The van der Waals surface area contributed by atoms with Crippen LogP contribution in [0.1, 0.15) is 30.5 Å². The Morgan fingerprint density at radius 1 is 0.939 bits per heavy atom. The molecular weight excluding hydrogens is 435 g/mol. The molecule has 1 aliphatic rings. The van der Waals surface area contributed by atoms with E-state index in [2.05, 4.69) is 10.6 Å². The van der Waals surface area contributed by atoms with Gasteiger partial charge in [-0.15, -0.1) is 0 Å². The zero-order valence-electron chi connectivity index (χ0n) is 18.9. The molecule has 2 N–H and O–H groups in total. The van der Waals surface area contributed by atoms with Gasteiger partial charge in [0.25, 0.3) is 5.91 Å². The van der Waals surface area contributed by atoms with Crippen LogP contribution in [-0.2, 0) is 18.4 Å². The van der Waals surface area contributed by atoms with Crippen LogP contribution < -0.4 is 15.9 Å². The largest absolute Gasteiger partial charge is 0.361 e. The zero-order valence-corrected chi connectivity index (χ0v) is 19.8. The summed E-state index contributed by atoms with van der Waals surface area (Å²) in [5, 5.41) is 6.78. The van der Waals surface area contributed by atoms with E-state index in [9.17, 15) is 9.36 Å². The molecule has 3 aromatic carbocycles. The quantitative estimate of drug-likeness (QED) is 0.326.